The summed E-state index contributed by atoms with van der Waals surface area (Å²) in [6.07, 6.45) is 0.691. The Hall–Kier alpha value is -1.97. The molecule has 6 nitrogen and oxygen atoms in total. The minimum Gasteiger partial charge on any atom is -0.367 e. The number of sulfonamides is 1. The SMILES string of the molecule is CC(=O)N1CCc2sc(S(=O)(=O)N3CCN(c4ccccc4F)CC3)cc2C1. The Morgan fingerprint density at radius 2 is 1.82 bits per heavy atom. The van der Waals surface area contributed by atoms with E-state index in [2.05, 4.69) is 0 Å². The van der Waals surface area contributed by atoms with Crippen molar-refractivity contribution in [2.45, 2.75) is 24.1 Å². The number of hydrogen-bond donors (Lipinski definition) is 0. The van der Waals surface area contributed by atoms with Crippen LogP contribution < -0.4 is 4.90 Å². The number of hydrogen-bond acceptors (Lipinski definition) is 5. The van der Waals surface area contributed by atoms with Gasteiger partial charge in [-0.25, -0.2) is 12.8 Å². The summed E-state index contributed by atoms with van der Waals surface area (Å²) in [5, 5.41) is 0. The van der Waals surface area contributed by atoms with Crippen LogP contribution in [0.5, 0.6) is 0 Å². The number of para-hydroxylation sites is 1. The van der Waals surface area contributed by atoms with Gasteiger partial charge in [-0.3, -0.25) is 4.79 Å². The molecule has 2 aliphatic rings. The number of rotatable bonds is 3. The van der Waals surface area contributed by atoms with Gasteiger partial charge in [0.25, 0.3) is 10.0 Å². The second-order valence-corrected chi connectivity index (χ2v) is 10.3. The molecule has 9 heteroatoms. The van der Waals surface area contributed by atoms with Gasteiger partial charge in [-0.05, 0) is 30.2 Å². The molecule has 0 bridgehead atoms. The Labute approximate surface area is 168 Å². The lowest BCUT2D eigenvalue weighted by Gasteiger charge is -2.35. The molecule has 150 valence electrons. The van der Waals surface area contributed by atoms with Crippen LogP contribution in [-0.4, -0.2) is 56.3 Å². The van der Waals surface area contributed by atoms with Crippen molar-refractivity contribution in [2.75, 3.05) is 37.6 Å². The lowest BCUT2D eigenvalue weighted by molar-refractivity contribution is -0.129. The highest BCUT2D eigenvalue weighted by atomic mass is 32.2. The third kappa shape index (κ3) is 3.54. The van der Waals surface area contributed by atoms with Gasteiger partial charge in [-0.15, -0.1) is 11.3 Å². The van der Waals surface area contributed by atoms with E-state index < -0.39 is 10.0 Å². The summed E-state index contributed by atoms with van der Waals surface area (Å²) in [5.41, 5.74) is 1.44. The summed E-state index contributed by atoms with van der Waals surface area (Å²) in [6, 6.07) is 8.27. The van der Waals surface area contributed by atoms with E-state index in [1.54, 1.807) is 29.2 Å². The molecule has 0 saturated carbocycles. The predicted molar refractivity (Wildman–Crippen MR) is 106 cm³/mol. The van der Waals surface area contributed by atoms with Gasteiger partial charge < -0.3 is 9.80 Å². The number of halogens is 1. The summed E-state index contributed by atoms with van der Waals surface area (Å²) in [6.45, 7) is 4.16. The van der Waals surface area contributed by atoms with Crippen LogP contribution in [0.3, 0.4) is 0 Å². The lowest BCUT2D eigenvalue weighted by Crippen LogP contribution is -2.48. The van der Waals surface area contributed by atoms with Crippen molar-refractivity contribution in [3.8, 4) is 0 Å². The van der Waals surface area contributed by atoms with Crippen molar-refractivity contribution in [1.82, 2.24) is 9.21 Å². The second kappa shape index (κ2) is 7.46. The molecule has 1 amide bonds. The molecular formula is C19H22FN3O3S2. The molecule has 0 unspecified atom stereocenters. The Bertz CT molecular complexity index is 998. The zero-order chi connectivity index (χ0) is 19.9. The Balaban J connectivity index is 1.48. The molecule has 28 heavy (non-hydrogen) atoms. The molecule has 2 aliphatic heterocycles. The fraction of sp³-hybridized carbons (Fsp3) is 0.421. The maximum Gasteiger partial charge on any atom is 0.252 e. The fourth-order valence-electron chi connectivity index (χ4n) is 3.71. The van der Waals surface area contributed by atoms with Crippen molar-refractivity contribution in [3.63, 3.8) is 0 Å². The van der Waals surface area contributed by atoms with Crippen molar-refractivity contribution in [2.24, 2.45) is 0 Å². The van der Waals surface area contributed by atoms with E-state index in [9.17, 15) is 17.6 Å². The van der Waals surface area contributed by atoms with E-state index in [1.165, 1.54) is 28.6 Å². The summed E-state index contributed by atoms with van der Waals surface area (Å²) in [5.74, 6) is -0.287. The van der Waals surface area contributed by atoms with Crippen LogP contribution in [0.25, 0.3) is 0 Å². The van der Waals surface area contributed by atoms with Crippen LogP contribution >= 0.6 is 11.3 Å². The van der Waals surface area contributed by atoms with Crippen molar-refractivity contribution >= 4 is 33.0 Å². The Morgan fingerprint density at radius 1 is 1.11 bits per heavy atom. The van der Waals surface area contributed by atoms with Crippen LogP contribution in [0.1, 0.15) is 17.4 Å². The van der Waals surface area contributed by atoms with Gasteiger partial charge in [0.05, 0.1) is 5.69 Å². The highest BCUT2D eigenvalue weighted by molar-refractivity contribution is 7.91. The van der Waals surface area contributed by atoms with Crippen LogP contribution in [0.4, 0.5) is 10.1 Å². The van der Waals surface area contributed by atoms with E-state index in [1.807, 2.05) is 4.90 Å². The molecule has 0 radical (unpaired) electrons. The van der Waals surface area contributed by atoms with Gasteiger partial charge in [0.2, 0.25) is 5.91 Å². The average Bonchev–Trinajstić information content (AvgIpc) is 3.13. The maximum atomic E-state index is 14.0. The smallest absolute Gasteiger partial charge is 0.252 e. The first-order valence-corrected chi connectivity index (χ1v) is 11.5. The Morgan fingerprint density at radius 3 is 2.50 bits per heavy atom. The molecule has 1 aromatic heterocycles. The number of piperazine rings is 1. The molecular weight excluding hydrogens is 401 g/mol. The molecule has 3 heterocycles. The monoisotopic (exact) mass is 423 g/mol. The van der Waals surface area contributed by atoms with Crippen molar-refractivity contribution < 1.29 is 17.6 Å². The molecule has 2 aromatic rings. The van der Waals surface area contributed by atoms with E-state index >= 15 is 0 Å². The average molecular weight is 424 g/mol. The van der Waals surface area contributed by atoms with Gasteiger partial charge in [0.15, 0.2) is 0 Å². The second-order valence-electron chi connectivity index (χ2n) is 7.05. The predicted octanol–water partition coefficient (Wildman–Crippen LogP) is 2.30. The van der Waals surface area contributed by atoms with E-state index in [0.717, 1.165) is 10.4 Å². The third-order valence-electron chi connectivity index (χ3n) is 5.32. The number of anilines is 1. The normalized spacial score (nSPS) is 18.2. The minimum atomic E-state index is -3.58. The van der Waals surface area contributed by atoms with Crippen molar-refractivity contribution in [3.05, 3.63) is 46.6 Å². The lowest BCUT2D eigenvalue weighted by atomic mass is 10.1. The summed E-state index contributed by atoms with van der Waals surface area (Å²) < 4.78 is 42.0. The number of nitrogens with zero attached hydrogens (tertiary/aromatic N) is 3. The number of amides is 1. The minimum absolute atomic E-state index is 0.00511. The first kappa shape index (κ1) is 19.4. The van der Waals surface area contributed by atoms with Crippen LogP contribution in [-0.2, 0) is 27.8 Å². The molecule has 0 aliphatic carbocycles. The quantitative estimate of drug-likeness (QED) is 0.760. The first-order chi connectivity index (χ1) is 13.4. The highest BCUT2D eigenvalue weighted by Gasteiger charge is 2.32. The number of thiophene rings is 1. The largest absolute Gasteiger partial charge is 0.367 e. The topological polar surface area (TPSA) is 60.9 Å². The van der Waals surface area contributed by atoms with Crippen LogP contribution in [0, 0.1) is 5.82 Å². The van der Waals surface area contributed by atoms with E-state index in [-0.39, 0.29) is 11.7 Å². The number of carbonyl (C=O) groups excluding carboxylic acids is 1. The van der Waals surface area contributed by atoms with E-state index in [0.29, 0.717) is 55.6 Å². The maximum absolute atomic E-state index is 14.0. The Kier molecular flexibility index (Phi) is 5.15. The first-order valence-electron chi connectivity index (χ1n) is 9.23. The van der Waals surface area contributed by atoms with Gasteiger partial charge >= 0.3 is 0 Å². The molecule has 0 spiro atoms. The van der Waals surface area contributed by atoms with Gasteiger partial charge in [0, 0.05) is 51.1 Å². The zero-order valence-corrected chi connectivity index (χ0v) is 17.2. The molecule has 4 rings (SSSR count). The zero-order valence-electron chi connectivity index (χ0n) is 15.6. The molecule has 1 fully saturated rings. The molecule has 0 N–H and O–H groups in total. The summed E-state index contributed by atoms with van der Waals surface area (Å²) >= 11 is 1.31. The van der Waals surface area contributed by atoms with Gasteiger partial charge in [0.1, 0.15) is 10.0 Å². The third-order valence-corrected chi connectivity index (χ3v) is 8.90. The van der Waals surface area contributed by atoms with E-state index in [4.69, 9.17) is 0 Å². The number of carbonyl (C=O) groups is 1. The van der Waals surface area contributed by atoms with Crippen LogP contribution in [0.2, 0.25) is 0 Å². The number of benzene rings is 1. The molecule has 0 atom stereocenters. The summed E-state index contributed by atoms with van der Waals surface area (Å²) in [4.78, 5) is 16.3. The van der Waals surface area contributed by atoms with Crippen LogP contribution in [0.15, 0.2) is 34.5 Å². The fourth-order valence-corrected chi connectivity index (χ4v) is 6.83. The molecule has 1 saturated heterocycles. The standard InChI is InChI=1S/C19H22FN3O3S2/c1-14(24)22-7-6-18-15(13-22)12-19(27-18)28(25,26)23-10-8-21(9-11-23)17-5-3-2-4-16(17)20/h2-5,12H,6-11,13H2,1H3. The van der Waals surface area contributed by atoms with Gasteiger partial charge in [-0.1, -0.05) is 12.1 Å². The van der Waals surface area contributed by atoms with Gasteiger partial charge in [-0.2, -0.15) is 4.31 Å². The summed E-state index contributed by atoms with van der Waals surface area (Å²) in [7, 11) is -3.58. The molecule has 1 aromatic carbocycles. The van der Waals surface area contributed by atoms with Crippen molar-refractivity contribution in [1.29, 1.82) is 0 Å². The highest BCUT2D eigenvalue weighted by Crippen LogP contribution is 2.33. The number of fused-ring (bicyclic) bond motifs is 1.